The van der Waals surface area contributed by atoms with Gasteiger partial charge in [0.25, 0.3) is 11.7 Å². The number of aliphatic hydroxyl groups is 1. The summed E-state index contributed by atoms with van der Waals surface area (Å²) in [7, 11) is 4.31. The van der Waals surface area contributed by atoms with Gasteiger partial charge in [0.15, 0.2) is 0 Å². The summed E-state index contributed by atoms with van der Waals surface area (Å²) in [6.07, 6.45) is 0. The van der Waals surface area contributed by atoms with Gasteiger partial charge in [0.2, 0.25) is 0 Å². The molecule has 2 aromatic rings. The first-order valence-corrected chi connectivity index (χ1v) is 9.18. The van der Waals surface area contributed by atoms with Gasteiger partial charge in [-0.1, -0.05) is 18.2 Å². The quantitative estimate of drug-likeness (QED) is 0.425. The fourth-order valence-electron chi connectivity index (χ4n) is 3.51. The van der Waals surface area contributed by atoms with Crippen molar-refractivity contribution in [2.45, 2.75) is 6.04 Å². The van der Waals surface area contributed by atoms with Crippen molar-refractivity contribution in [3.63, 3.8) is 0 Å². The SMILES string of the molecule is COCCN1C(=O)C(=O)/C(=C(/O)c2c(OC)cccc2OC)C1c1ccc(F)cc1. The summed E-state index contributed by atoms with van der Waals surface area (Å²) in [5.74, 6) is -1.99. The lowest BCUT2D eigenvalue weighted by atomic mass is 9.94. The van der Waals surface area contributed by atoms with Crippen LogP contribution in [0.5, 0.6) is 11.5 Å². The largest absolute Gasteiger partial charge is 0.506 e. The van der Waals surface area contributed by atoms with E-state index < -0.39 is 29.3 Å². The number of amides is 1. The number of nitrogens with zero attached hydrogens (tertiary/aromatic N) is 1. The van der Waals surface area contributed by atoms with Crippen molar-refractivity contribution < 1.29 is 33.3 Å². The van der Waals surface area contributed by atoms with Crippen LogP contribution in [0.2, 0.25) is 0 Å². The van der Waals surface area contributed by atoms with Gasteiger partial charge in [0, 0.05) is 13.7 Å². The molecule has 1 amide bonds. The van der Waals surface area contributed by atoms with Crippen LogP contribution in [0.3, 0.4) is 0 Å². The average Bonchev–Trinajstić information content (AvgIpc) is 3.01. The lowest BCUT2D eigenvalue weighted by Crippen LogP contribution is -2.32. The van der Waals surface area contributed by atoms with E-state index in [4.69, 9.17) is 14.2 Å². The van der Waals surface area contributed by atoms with Crippen molar-refractivity contribution in [1.29, 1.82) is 0 Å². The number of rotatable bonds is 7. The highest BCUT2D eigenvalue weighted by atomic mass is 19.1. The Morgan fingerprint density at radius 2 is 1.63 bits per heavy atom. The molecular formula is C22H22FNO6. The van der Waals surface area contributed by atoms with E-state index >= 15 is 0 Å². The molecule has 2 aromatic carbocycles. The van der Waals surface area contributed by atoms with Gasteiger partial charge in [0.1, 0.15) is 28.6 Å². The average molecular weight is 415 g/mol. The maximum Gasteiger partial charge on any atom is 0.295 e. The van der Waals surface area contributed by atoms with Crippen LogP contribution in [0, 0.1) is 5.82 Å². The first kappa shape index (κ1) is 21.3. The summed E-state index contributed by atoms with van der Waals surface area (Å²) in [5, 5.41) is 11.2. The van der Waals surface area contributed by atoms with Crippen molar-refractivity contribution in [2.24, 2.45) is 0 Å². The minimum Gasteiger partial charge on any atom is -0.506 e. The van der Waals surface area contributed by atoms with E-state index in [1.807, 2.05) is 0 Å². The first-order valence-electron chi connectivity index (χ1n) is 9.18. The summed E-state index contributed by atoms with van der Waals surface area (Å²) in [5.41, 5.74) is 0.493. The molecule has 0 spiro atoms. The predicted molar refractivity (Wildman–Crippen MR) is 107 cm³/mol. The van der Waals surface area contributed by atoms with Gasteiger partial charge < -0.3 is 24.2 Å². The second kappa shape index (κ2) is 8.96. The van der Waals surface area contributed by atoms with Gasteiger partial charge in [-0.2, -0.15) is 0 Å². The zero-order valence-electron chi connectivity index (χ0n) is 16.8. The van der Waals surface area contributed by atoms with Crippen LogP contribution in [-0.2, 0) is 14.3 Å². The first-order chi connectivity index (χ1) is 14.4. The summed E-state index contributed by atoms with van der Waals surface area (Å²) < 4.78 is 29.2. The normalized spacial score (nSPS) is 18.0. The van der Waals surface area contributed by atoms with Gasteiger partial charge in [-0.25, -0.2) is 4.39 Å². The van der Waals surface area contributed by atoms with Crippen LogP contribution in [-0.4, -0.2) is 56.2 Å². The number of hydrogen-bond acceptors (Lipinski definition) is 6. The molecule has 0 bridgehead atoms. The number of Topliss-reactive ketones (excluding diaryl/α,β-unsaturated/α-hetero) is 1. The molecule has 0 aromatic heterocycles. The minimum absolute atomic E-state index is 0.114. The van der Waals surface area contributed by atoms with Gasteiger partial charge in [-0.15, -0.1) is 0 Å². The second-order valence-corrected chi connectivity index (χ2v) is 6.57. The van der Waals surface area contributed by atoms with Crippen molar-refractivity contribution in [3.8, 4) is 11.5 Å². The maximum absolute atomic E-state index is 13.5. The van der Waals surface area contributed by atoms with Gasteiger partial charge in [-0.3, -0.25) is 9.59 Å². The molecule has 1 atom stereocenters. The van der Waals surface area contributed by atoms with E-state index in [1.54, 1.807) is 18.2 Å². The number of ketones is 1. The van der Waals surface area contributed by atoms with E-state index in [-0.39, 0.29) is 35.8 Å². The Hall–Kier alpha value is -3.39. The standard InChI is InChI=1S/C22H22FNO6/c1-28-12-11-24-19(13-7-9-14(23)10-8-13)18(21(26)22(24)27)20(25)17-15(29-2)5-4-6-16(17)30-3/h4-10,19,25H,11-12H2,1-3H3/b20-18+. The van der Waals surface area contributed by atoms with Gasteiger partial charge >= 0.3 is 0 Å². The third-order valence-electron chi connectivity index (χ3n) is 4.93. The molecule has 1 unspecified atom stereocenters. The van der Waals surface area contributed by atoms with Crippen LogP contribution in [0.15, 0.2) is 48.0 Å². The number of halogens is 1. The number of methoxy groups -OCH3 is 3. The van der Waals surface area contributed by atoms with Crippen molar-refractivity contribution in [3.05, 3.63) is 65.0 Å². The molecule has 7 nitrogen and oxygen atoms in total. The number of likely N-dealkylation sites (tertiary alicyclic amines) is 1. The van der Waals surface area contributed by atoms with E-state index in [1.165, 1.54) is 50.5 Å². The van der Waals surface area contributed by atoms with Crippen molar-refractivity contribution >= 4 is 17.4 Å². The summed E-state index contributed by atoms with van der Waals surface area (Å²) >= 11 is 0. The van der Waals surface area contributed by atoms with Crippen LogP contribution in [0.4, 0.5) is 4.39 Å². The molecule has 0 saturated carbocycles. The fourth-order valence-corrected chi connectivity index (χ4v) is 3.51. The monoisotopic (exact) mass is 415 g/mol. The number of carbonyl (C=O) groups is 2. The molecule has 1 saturated heterocycles. The Bertz CT molecular complexity index is 963. The summed E-state index contributed by atoms with van der Waals surface area (Å²) in [6, 6.07) is 9.36. The van der Waals surface area contributed by atoms with Crippen LogP contribution >= 0.6 is 0 Å². The molecule has 3 rings (SSSR count). The highest BCUT2D eigenvalue weighted by molar-refractivity contribution is 6.46. The molecule has 158 valence electrons. The fraction of sp³-hybridized carbons (Fsp3) is 0.273. The second-order valence-electron chi connectivity index (χ2n) is 6.57. The zero-order valence-corrected chi connectivity index (χ0v) is 16.8. The summed E-state index contributed by atoms with van der Waals surface area (Å²) in [6.45, 7) is 0.297. The molecule has 1 fully saturated rings. The molecule has 1 aliphatic rings. The zero-order chi connectivity index (χ0) is 21.8. The Kier molecular flexibility index (Phi) is 6.37. The Morgan fingerprint density at radius 3 is 2.17 bits per heavy atom. The minimum atomic E-state index is -0.921. The van der Waals surface area contributed by atoms with E-state index in [0.29, 0.717) is 5.56 Å². The van der Waals surface area contributed by atoms with Gasteiger partial charge in [-0.05, 0) is 29.8 Å². The third kappa shape index (κ3) is 3.73. The number of hydrogen-bond donors (Lipinski definition) is 1. The molecule has 0 radical (unpaired) electrons. The number of aliphatic hydroxyl groups excluding tert-OH is 1. The Morgan fingerprint density at radius 1 is 1.03 bits per heavy atom. The van der Waals surface area contributed by atoms with E-state index in [2.05, 4.69) is 0 Å². The molecule has 30 heavy (non-hydrogen) atoms. The van der Waals surface area contributed by atoms with Crippen LogP contribution < -0.4 is 9.47 Å². The lowest BCUT2D eigenvalue weighted by molar-refractivity contribution is -0.140. The maximum atomic E-state index is 13.5. The topological polar surface area (TPSA) is 85.3 Å². The highest BCUT2D eigenvalue weighted by Crippen LogP contribution is 2.43. The summed E-state index contributed by atoms with van der Waals surface area (Å²) in [4.78, 5) is 27.0. The Labute approximate surface area is 173 Å². The molecular weight excluding hydrogens is 393 g/mol. The van der Waals surface area contributed by atoms with Crippen LogP contribution in [0.25, 0.3) is 5.76 Å². The Balaban J connectivity index is 2.25. The van der Waals surface area contributed by atoms with Crippen LogP contribution in [0.1, 0.15) is 17.2 Å². The van der Waals surface area contributed by atoms with E-state index in [0.717, 1.165) is 0 Å². The molecule has 0 aliphatic carbocycles. The predicted octanol–water partition coefficient (Wildman–Crippen LogP) is 2.91. The number of carbonyl (C=O) groups excluding carboxylic acids is 2. The van der Waals surface area contributed by atoms with E-state index in [9.17, 15) is 19.1 Å². The van der Waals surface area contributed by atoms with Crippen molar-refractivity contribution in [1.82, 2.24) is 4.90 Å². The molecule has 1 N–H and O–H groups in total. The lowest BCUT2D eigenvalue weighted by Gasteiger charge is -2.25. The molecule has 1 aliphatic heterocycles. The third-order valence-corrected chi connectivity index (χ3v) is 4.93. The number of benzene rings is 2. The van der Waals surface area contributed by atoms with Crippen molar-refractivity contribution in [2.75, 3.05) is 34.5 Å². The van der Waals surface area contributed by atoms with Gasteiger partial charge in [0.05, 0.1) is 32.4 Å². The molecule has 8 heteroatoms. The highest BCUT2D eigenvalue weighted by Gasteiger charge is 2.46. The number of ether oxygens (including phenoxy) is 3. The molecule has 1 heterocycles. The smallest absolute Gasteiger partial charge is 0.295 e.